The van der Waals surface area contributed by atoms with Gasteiger partial charge in [-0.25, -0.2) is 4.39 Å². The van der Waals surface area contributed by atoms with Crippen LogP contribution in [0.3, 0.4) is 0 Å². The molecule has 0 aromatic heterocycles. The fourth-order valence-electron chi connectivity index (χ4n) is 2.57. The summed E-state index contributed by atoms with van der Waals surface area (Å²) >= 11 is 5.86. The van der Waals surface area contributed by atoms with E-state index in [0.29, 0.717) is 12.1 Å². The summed E-state index contributed by atoms with van der Waals surface area (Å²) in [6, 6.07) is 13.4. The predicted molar refractivity (Wildman–Crippen MR) is 80.6 cm³/mol. The highest BCUT2D eigenvalue weighted by molar-refractivity contribution is 6.30. The van der Waals surface area contributed by atoms with Crippen LogP contribution in [0.4, 0.5) is 10.1 Å². The van der Waals surface area contributed by atoms with Crippen molar-refractivity contribution in [1.29, 1.82) is 0 Å². The largest absolute Gasteiger partial charge is 0.366 e. The molecule has 0 amide bonds. The zero-order valence-corrected chi connectivity index (χ0v) is 11.8. The minimum atomic E-state index is -0.316. The Morgan fingerprint density at radius 2 is 2.00 bits per heavy atom. The molecule has 0 fully saturated rings. The number of nitrogens with one attached hydrogen (secondary N) is 1. The molecule has 1 aliphatic rings. The summed E-state index contributed by atoms with van der Waals surface area (Å²) in [5.41, 5.74) is 3.04. The van der Waals surface area contributed by atoms with Gasteiger partial charge in [0, 0.05) is 37.4 Å². The van der Waals surface area contributed by atoms with E-state index in [1.54, 1.807) is 18.2 Å². The lowest BCUT2D eigenvalue weighted by molar-refractivity contribution is 0.602. The molecule has 0 bridgehead atoms. The molecule has 1 N–H and O–H groups in total. The minimum Gasteiger partial charge on any atom is -0.366 e. The summed E-state index contributed by atoms with van der Waals surface area (Å²) in [5, 5.41) is 3.57. The van der Waals surface area contributed by atoms with Crippen LogP contribution in [0.2, 0.25) is 5.02 Å². The summed E-state index contributed by atoms with van der Waals surface area (Å²) in [4.78, 5) is 2.20. The number of hydrogen-bond donors (Lipinski definition) is 1. The SMILES string of the molecule is Fc1c(Cl)cccc1CN1CCNCc2ccccc21. The zero-order valence-electron chi connectivity index (χ0n) is 11.1. The van der Waals surface area contributed by atoms with Crippen molar-refractivity contribution in [2.75, 3.05) is 18.0 Å². The number of fused-ring (bicyclic) bond motifs is 1. The van der Waals surface area contributed by atoms with E-state index < -0.39 is 0 Å². The van der Waals surface area contributed by atoms with Crippen molar-refractivity contribution in [2.45, 2.75) is 13.1 Å². The lowest BCUT2D eigenvalue weighted by Gasteiger charge is -2.25. The number of para-hydroxylation sites is 1. The number of hydrogen-bond acceptors (Lipinski definition) is 2. The van der Waals surface area contributed by atoms with Crippen molar-refractivity contribution in [3.8, 4) is 0 Å². The fraction of sp³-hybridized carbons (Fsp3) is 0.250. The second-order valence-corrected chi connectivity index (χ2v) is 5.35. The van der Waals surface area contributed by atoms with Gasteiger partial charge >= 0.3 is 0 Å². The maximum atomic E-state index is 14.1. The van der Waals surface area contributed by atoms with Crippen LogP contribution in [-0.2, 0) is 13.1 Å². The van der Waals surface area contributed by atoms with E-state index in [0.717, 1.165) is 25.3 Å². The Morgan fingerprint density at radius 3 is 2.90 bits per heavy atom. The molecular formula is C16H16ClFN2. The van der Waals surface area contributed by atoms with Gasteiger partial charge in [0.05, 0.1) is 5.02 Å². The molecule has 4 heteroatoms. The third kappa shape index (κ3) is 2.65. The molecule has 20 heavy (non-hydrogen) atoms. The van der Waals surface area contributed by atoms with Gasteiger partial charge in [0.15, 0.2) is 0 Å². The minimum absolute atomic E-state index is 0.184. The predicted octanol–water partition coefficient (Wildman–Crippen LogP) is 3.59. The normalized spacial score (nSPS) is 14.8. The Bertz CT molecular complexity index is 615. The van der Waals surface area contributed by atoms with Crippen LogP contribution in [0.15, 0.2) is 42.5 Å². The van der Waals surface area contributed by atoms with Crippen molar-refractivity contribution in [2.24, 2.45) is 0 Å². The lowest BCUT2D eigenvalue weighted by Crippen LogP contribution is -2.28. The second kappa shape index (κ2) is 5.81. The Kier molecular flexibility index (Phi) is 3.90. The summed E-state index contributed by atoms with van der Waals surface area (Å²) in [6.07, 6.45) is 0. The summed E-state index contributed by atoms with van der Waals surface area (Å²) < 4.78 is 14.1. The first-order valence-corrected chi connectivity index (χ1v) is 7.10. The average Bonchev–Trinajstić information content (AvgIpc) is 2.67. The number of nitrogens with zero attached hydrogens (tertiary/aromatic N) is 1. The van der Waals surface area contributed by atoms with Crippen LogP contribution >= 0.6 is 11.6 Å². The maximum Gasteiger partial charge on any atom is 0.146 e. The molecule has 3 rings (SSSR count). The molecule has 0 saturated carbocycles. The van der Waals surface area contributed by atoms with Gasteiger partial charge in [0.25, 0.3) is 0 Å². The van der Waals surface area contributed by atoms with Gasteiger partial charge in [-0.3, -0.25) is 0 Å². The van der Waals surface area contributed by atoms with Gasteiger partial charge in [-0.15, -0.1) is 0 Å². The Balaban J connectivity index is 1.92. The van der Waals surface area contributed by atoms with E-state index >= 15 is 0 Å². The van der Waals surface area contributed by atoms with Crippen molar-refractivity contribution in [1.82, 2.24) is 5.32 Å². The highest BCUT2D eigenvalue weighted by Crippen LogP contribution is 2.26. The molecule has 1 aliphatic heterocycles. The molecule has 0 aliphatic carbocycles. The highest BCUT2D eigenvalue weighted by atomic mass is 35.5. The van der Waals surface area contributed by atoms with Crippen molar-refractivity contribution in [3.05, 3.63) is 64.4 Å². The third-order valence-electron chi connectivity index (χ3n) is 3.60. The van der Waals surface area contributed by atoms with E-state index in [9.17, 15) is 4.39 Å². The van der Waals surface area contributed by atoms with Gasteiger partial charge in [-0.05, 0) is 17.7 Å². The first kappa shape index (κ1) is 13.4. The molecular weight excluding hydrogens is 275 g/mol. The molecule has 0 saturated heterocycles. The Hall–Kier alpha value is -1.58. The van der Waals surface area contributed by atoms with E-state index in [4.69, 9.17) is 11.6 Å². The first-order valence-electron chi connectivity index (χ1n) is 6.72. The molecule has 0 spiro atoms. The molecule has 0 unspecified atom stereocenters. The van der Waals surface area contributed by atoms with Crippen LogP contribution in [-0.4, -0.2) is 13.1 Å². The van der Waals surface area contributed by atoms with Crippen LogP contribution < -0.4 is 10.2 Å². The van der Waals surface area contributed by atoms with Crippen molar-refractivity contribution in [3.63, 3.8) is 0 Å². The number of benzene rings is 2. The Morgan fingerprint density at radius 1 is 1.15 bits per heavy atom. The summed E-state index contributed by atoms with van der Waals surface area (Å²) in [7, 11) is 0. The topological polar surface area (TPSA) is 15.3 Å². The van der Waals surface area contributed by atoms with E-state index in [2.05, 4.69) is 22.3 Å². The quantitative estimate of drug-likeness (QED) is 0.909. The Labute approximate surface area is 123 Å². The monoisotopic (exact) mass is 290 g/mol. The van der Waals surface area contributed by atoms with Crippen LogP contribution in [0.1, 0.15) is 11.1 Å². The fourth-order valence-corrected chi connectivity index (χ4v) is 2.76. The second-order valence-electron chi connectivity index (χ2n) is 4.94. The molecule has 104 valence electrons. The highest BCUT2D eigenvalue weighted by Gasteiger charge is 2.16. The smallest absolute Gasteiger partial charge is 0.146 e. The number of halogens is 2. The first-order chi connectivity index (χ1) is 9.75. The standard InChI is InChI=1S/C16H16ClFN2/c17-14-6-3-5-13(16(14)18)11-20-9-8-19-10-12-4-1-2-7-15(12)20/h1-7,19H,8-11H2. The summed E-state index contributed by atoms with van der Waals surface area (Å²) in [6.45, 7) is 3.12. The van der Waals surface area contributed by atoms with Crippen molar-refractivity contribution >= 4 is 17.3 Å². The molecule has 0 radical (unpaired) electrons. The van der Waals surface area contributed by atoms with Crippen LogP contribution in [0.25, 0.3) is 0 Å². The van der Waals surface area contributed by atoms with Gasteiger partial charge in [0.2, 0.25) is 0 Å². The van der Waals surface area contributed by atoms with E-state index in [-0.39, 0.29) is 10.8 Å². The molecule has 2 aromatic carbocycles. The van der Waals surface area contributed by atoms with Crippen molar-refractivity contribution < 1.29 is 4.39 Å². The lowest BCUT2D eigenvalue weighted by atomic mass is 10.1. The van der Waals surface area contributed by atoms with Gasteiger partial charge in [-0.1, -0.05) is 41.9 Å². The summed E-state index contributed by atoms with van der Waals surface area (Å²) in [5.74, 6) is -0.316. The average molecular weight is 291 g/mol. The zero-order chi connectivity index (χ0) is 13.9. The number of anilines is 1. The third-order valence-corrected chi connectivity index (χ3v) is 3.89. The van der Waals surface area contributed by atoms with Gasteiger partial charge in [0.1, 0.15) is 5.82 Å². The molecule has 1 heterocycles. The van der Waals surface area contributed by atoms with Crippen LogP contribution in [0, 0.1) is 5.82 Å². The van der Waals surface area contributed by atoms with E-state index in [1.165, 1.54) is 5.56 Å². The van der Waals surface area contributed by atoms with E-state index in [1.807, 2.05) is 12.1 Å². The van der Waals surface area contributed by atoms with Crippen LogP contribution in [0.5, 0.6) is 0 Å². The van der Waals surface area contributed by atoms with Gasteiger partial charge < -0.3 is 10.2 Å². The molecule has 0 atom stereocenters. The van der Waals surface area contributed by atoms with Gasteiger partial charge in [-0.2, -0.15) is 0 Å². The molecule has 2 nitrogen and oxygen atoms in total. The number of rotatable bonds is 2. The molecule has 2 aromatic rings. The maximum absolute atomic E-state index is 14.1.